The Balaban J connectivity index is 2.37. The molecule has 0 amide bonds. The first-order valence-electron chi connectivity index (χ1n) is 4.40. The van der Waals surface area contributed by atoms with E-state index in [0.29, 0.717) is 5.56 Å². The van der Waals surface area contributed by atoms with Gasteiger partial charge in [0.15, 0.2) is 11.6 Å². The molecular formula is C9H8F2N4S. The standard InChI is InChI=1S/C9H8F2N4S/c10-6-2-1-5(3-7(6)11)9(14-12)8-4-13-15-16-8/h1-4,9,14H,12H2. The van der Waals surface area contributed by atoms with Crippen LogP contribution in [0.5, 0.6) is 0 Å². The van der Waals surface area contributed by atoms with E-state index in [-0.39, 0.29) is 0 Å². The van der Waals surface area contributed by atoms with E-state index in [0.717, 1.165) is 28.5 Å². The maximum Gasteiger partial charge on any atom is 0.159 e. The summed E-state index contributed by atoms with van der Waals surface area (Å²) in [6.45, 7) is 0. The Morgan fingerprint density at radius 2 is 2.12 bits per heavy atom. The smallest absolute Gasteiger partial charge is 0.159 e. The van der Waals surface area contributed by atoms with E-state index in [9.17, 15) is 8.78 Å². The topological polar surface area (TPSA) is 63.8 Å². The van der Waals surface area contributed by atoms with Gasteiger partial charge in [-0.15, -0.1) is 5.10 Å². The molecule has 0 radical (unpaired) electrons. The molecule has 1 unspecified atom stereocenters. The van der Waals surface area contributed by atoms with Crippen LogP contribution in [-0.4, -0.2) is 9.59 Å². The second kappa shape index (κ2) is 4.60. The van der Waals surface area contributed by atoms with Crippen LogP contribution in [0.3, 0.4) is 0 Å². The van der Waals surface area contributed by atoms with E-state index in [1.165, 1.54) is 12.3 Å². The number of hydrogen-bond acceptors (Lipinski definition) is 5. The highest BCUT2D eigenvalue weighted by Gasteiger charge is 2.16. The van der Waals surface area contributed by atoms with Crippen LogP contribution in [0.15, 0.2) is 24.4 Å². The van der Waals surface area contributed by atoms with Gasteiger partial charge in [0.2, 0.25) is 0 Å². The van der Waals surface area contributed by atoms with Gasteiger partial charge in [-0.3, -0.25) is 5.84 Å². The Morgan fingerprint density at radius 1 is 1.31 bits per heavy atom. The zero-order valence-corrected chi connectivity index (χ0v) is 8.84. The molecule has 16 heavy (non-hydrogen) atoms. The number of halogens is 2. The lowest BCUT2D eigenvalue weighted by molar-refractivity contribution is 0.504. The predicted molar refractivity (Wildman–Crippen MR) is 55.4 cm³/mol. The summed E-state index contributed by atoms with van der Waals surface area (Å²) < 4.78 is 29.5. The maximum atomic E-state index is 13.0. The Hall–Kier alpha value is -1.44. The molecule has 7 heteroatoms. The van der Waals surface area contributed by atoms with Crippen molar-refractivity contribution in [3.63, 3.8) is 0 Å². The van der Waals surface area contributed by atoms with Gasteiger partial charge in [0, 0.05) is 0 Å². The van der Waals surface area contributed by atoms with E-state index < -0.39 is 17.7 Å². The van der Waals surface area contributed by atoms with Gasteiger partial charge in [-0.2, -0.15) is 0 Å². The van der Waals surface area contributed by atoms with Crippen molar-refractivity contribution in [3.05, 3.63) is 46.5 Å². The van der Waals surface area contributed by atoms with Gasteiger partial charge < -0.3 is 0 Å². The second-order valence-electron chi connectivity index (χ2n) is 3.09. The maximum absolute atomic E-state index is 13.0. The summed E-state index contributed by atoms with van der Waals surface area (Å²) in [6, 6.07) is 3.18. The fourth-order valence-electron chi connectivity index (χ4n) is 1.34. The average Bonchev–Trinajstić information content (AvgIpc) is 2.78. The molecule has 0 bridgehead atoms. The molecule has 0 saturated carbocycles. The molecule has 1 aromatic carbocycles. The fraction of sp³-hybridized carbons (Fsp3) is 0.111. The molecule has 1 aromatic heterocycles. The summed E-state index contributed by atoms with van der Waals surface area (Å²) in [7, 11) is 0. The summed E-state index contributed by atoms with van der Waals surface area (Å²) in [5, 5.41) is 3.66. The number of rotatable bonds is 3. The summed E-state index contributed by atoms with van der Waals surface area (Å²) in [5.41, 5.74) is 3.03. The Kier molecular flexibility index (Phi) is 3.18. The molecule has 0 fully saturated rings. The van der Waals surface area contributed by atoms with E-state index >= 15 is 0 Å². The lowest BCUT2D eigenvalue weighted by Gasteiger charge is -2.13. The highest BCUT2D eigenvalue weighted by Crippen LogP contribution is 2.24. The van der Waals surface area contributed by atoms with Crippen molar-refractivity contribution in [1.29, 1.82) is 0 Å². The summed E-state index contributed by atoms with van der Waals surface area (Å²) in [6.07, 6.45) is 1.52. The largest absolute Gasteiger partial charge is 0.271 e. The molecule has 2 aromatic rings. The van der Waals surface area contributed by atoms with Gasteiger partial charge in [-0.25, -0.2) is 14.2 Å². The third-order valence-corrected chi connectivity index (χ3v) is 2.83. The Labute approximate surface area is 94.2 Å². The van der Waals surface area contributed by atoms with Gasteiger partial charge in [-0.05, 0) is 29.2 Å². The minimum absolute atomic E-state index is 0.435. The SMILES string of the molecule is NNC(c1ccc(F)c(F)c1)c1cnns1. The molecule has 0 saturated heterocycles. The molecular weight excluding hydrogens is 234 g/mol. The van der Waals surface area contributed by atoms with Crippen molar-refractivity contribution in [1.82, 2.24) is 15.0 Å². The number of nitrogens with one attached hydrogen (secondary N) is 1. The van der Waals surface area contributed by atoms with Crippen LogP contribution >= 0.6 is 11.5 Å². The van der Waals surface area contributed by atoms with Gasteiger partial charge >= 0.3 is 0 Å². The molecule has 0 spiro atoms. The van der Waals surface area contributed by atoms with Crippen molar-refractivity contribution in [3.8, 4) is 0 Å². The predicted octanol–water partition coefficient (Wildman–Crippen LogP) is 1.37. The number of nitrogens with two attached hydrogens (primary N) is 1. The van der Waals surface area contributed by atoms with Crippen molar-refractivity contribution in [2.75, 3.05) is 0 Å². The first-order chi connectivity index (χ1) is 7.72. The summed E-state index contributed by atoms with van der Waals surface area (Å²) >= 11 is 1.14. The first kappa shape index (κ1) is 11.1. The average molecular weight is 242 g/mol. The highest BCUT2D eigenvalue weighted by molar-refractivity contribution is 7.05. The third kappa shape index (κ3) is 2.06. The van der Waals surface area contributed by atoms with Gasteiger partial charge in [-0.1, -0.05) is 10.6 Å². The molecule has 1 heterocycles. The second-order valence-corrected chi connectivity index (χ2v) is 3.91. The molecule has 84 valence electrons. The van der Waals surface area contributed by atoms with E-state index in [1.54, 1.807) is 0 Å². The number of hydrogen-bond donors (Lipinski definition) is 2. The van der Waals surface area contributed by atoms with Crippen LogP contribution in [0, 0.1) is 11.6 Å². The van der Waals surface area contributed by atoms with E-state index in [4.69, 9.17) is 5.84 Å². The van der Waals surface area contributed by atoms with Crippen LogP contribution in [-0.2, 0) is 0 Å². The van der Waals surface area contributed by atoms with Crippen molar-refractivity contribution >= 4 is 11.5 Å². The lowest BCUT2D eigenvalue weighted by atomic mass is 10.1. The monoisotopic (exact) mass is 242 g/mol. The van der Waals surface area contributed by atoms with Crippen LogP contribution in [0.4, 0.5) is 8.78 Å². The lowest BCUT2D eigenvalue weighted by Crippen LogP contribution is -2.28. The molecule has 1 atom stereocenters. The zero-order valence-electron chi connectivity index (χ0n) is 8.02. The third-order valence-electron chi connectivity index (χ3n) is 2.11. The van der Waals surface area contributed by atoms with Crippen molar-refractivity contribution in [2.24, 2.45) is 5.84 Å². The normalized spacial score (nSPS) is 12.7. The van der Waals surface area contributed by atoms with Crippen LogP contribution < -0.4 is 11.3 Å². The van der Waals surface area contributed by atoms with Crippen molar-refractivity contribution in [2.45, 2.75) is 6.04 Å². The van der Waals surface area contributed by atoms with Crippen LogP contribution in [0.1, 0.15) is 16.5 Å². The quantitative estimate of drug-likeness (QED) is 0.630. The van der Waals surface area contributed by atoms with Gasteiger partial charge in [0.05, 0.1) is 17.1 Å². The minimum atomic E-state index is -0.907. The highest BCUT2D eigenvalue weighted by atomic mass is 32.1. The fourth-order valence-corrected chi connectivity index (χ4v) is 1.93. The van der Waals surface area contributed by atoms with Crippen LogP contribution in [0.25, 0.3) is 0 Å². The van der Waals surface area contributed by atoms with Crippen LogP contribution in [0.2, 0.25) is 0 Å². The molecule has 0 aliphatic heterocycles. The number of aromatic nitrogens is 2. The van der Waals surface area contributed by atoms with Crippen molar-refractivity contribution < 1.29 is 8.78 Å². The molecule has 0 aliphatic carbocycles. The summed E-state index contributed by atoms with van der Waals surface area (Å²) in [5.74, 6) is 3.57. The zero-order chi connectivity index (χ0) is 11.5. The Morgan fingerprint density at radius 3 is 2.69 bits per heavy atom. The van der Waals surface area contributed by atoms with E-state index in [2.05, 4.69) is 15.0 Å². The van der Waals surface area contributed by atoms with E-state index in [1.807, 2.05) is 0 Å². The molecule has 0 aliphatic rings. The first-order valence-corrected chi connectivity index (χ1v) is 5.18. The molecule has 4 nitrogen and oxygen atoms in total. The Bertz CT molecular complexity index is 474. The molecule has 2 rings (SSSR count). The number of benzene rings is 1. The van der Waals surface area contributed by atoms with Gasteiger partial charge in [0.25, 0.3) is 0 Å². The number of hydrazine groups is 1. The summed E-state index contributed by atoms with van der Waals surface area (Å²) in [4.78, 5) is 0.730. The van der Waals surface area contributed by atoms with Gasteiger partial charge in [0.1, 0.15) is 0 Å². The number of nitrogens with zero attached hydrogens (tertiary/aromatic N) is 2. The minimum Gasteiger partial charge on any atom is -0.271 e. The molecule has 3 N–H and O–H groups in total.